The first-order valence-electron chi connectivity index (χ1n) is 4.75. The Hall–Kier alpha value is -0.810. The molecule has 0 radical (unpaired) electrons. The third-order valence-electron chi connectivity index (χ3n) is 2.42. The van der Waals surface area contributed by atoms with Crippen LogP contribution in [-0.4, -0.2) is 26.3 Å². The van der Waals surface area contributed by atoms with Crippen LogP contribution in [0.15, 0.2) is 16.6 Å². The van der Waals surface area contributed by atoms with E-state index in [1.807, 2.05) is 4.90 Å². The topological polar surface area (TPSA) is 38.5 Å². The first kappa shape index (κ1) is 10.7. The molecule has 2 N–H and O–H groups in total. The van der Waals surface area contributed by atoms with Gasteiger partial charge in [-0.05, 0) is 28.1 Å². The van der Waals surface area contributed by atoms with Gasteiger partial charge in [-0.1, -0.05) is 0 Å². The number of hydrogen-bond donors (Lipinski definition) is 1. The van der Waals surface area contributed by atoms with Gasteiger partial charge in [0.05, 0.1) is 18.9 Å². The molecule has 5 heteroatoms. The van der Waals surface area contributed by atoms with Crippen molar-refractivity contribution in [2.24, 2.45) is 0 Å². The van der Waals surface area contributed by atoms with E-state index in [1.165, 1.54) is 6.07 Å². The minimum atomic E-state index is -0.252. The zero-order valence-electron chi connectivity index (χ0n) is 8.17. The maximum Gasteiger partial charge on any atom is 0.147 e. The fraction of sp³-hybridized carbons (Fsp3) is 0.400. The number of rotatable bonds is 1. The Morgan fingerprint density at radius 1 is 1.33 bits per heavy atom. The Kier molecular flexibility index (Phi) is 3.11. The van der Waals surface area contributed by atoms with Crippen molar-refractivity contribution >= 4 is 27.3 Å². The van der Waals surface area contributed by atoms with Crippen LogP contribution in [0.3, 0.4) is 0 Å². The first-order valence-corrected chi connectivity index (χ1v) is 5.55. The molecule has 0 saturated carbocycles. The molecule has 0 aliphatic carbocycles. The summed E-state index contributed by atoms with van der Waals surface area (Å²) >= 11 is 3.20. The molecule has 0 atom stereocenters. The highest BCUT2D eigenvalue weighted by molar-refractivity contribution is 9.10. The number of nitrogens with two attached hydrogens (primary N) is 1. The van der Waals surface area contributed by atoms with Gasteiger partial charge in [-0.25, -0.2) is 4.39 Å². The van der Waals surface area contributed by atoms with Crippen LogP contribution < -0.4 is 10.6 Å². The van der Waals surface area contributed by atoms with Crippen LogP contribution in [0.2, 0.25) is 0 Å². The zero-order chi connectivity index (χ0) is 10.8. The van der Waals surface area contributed by atoms with Crippen LogP contribution in [0.4, 0.5) is 15.8 Å². The van der Waals surface area contributed by atoms with Crippen LogP contribution in [0.5, 0.6) is 0 Å². The molecule has 82 valence electrons. The molecule has 0 unspecified atom stereocenters. The van der Waals surface area contributed by atoms with Crippen molar-refractivity contribution in [1.82, 2.24) is 0 Å². The van der Waals surface area contributed by atoms with Gasteiger partial charge in [0.25, 0.3) is 0 Å². The molecule has 1 aromatic rings. The smallest absolute Gasteiger partial charge is 0.147 e. The van der Waals surface area contributed by atoms with Gasteiger partial charge >= 0.3 is 0 Å². The van der Waals surface area contributed by atoms with E-state index >= 15 is 0 Å². The number of nitrogens with zero attached hydrogens (tertiary/aromatic N) is 1. The summed E-state index contributed by atoms with van der Waals surface area (Å²) in [5.74, 6) is -0.252. The van der Waals surface area contributed by atoms with Crippen molar-refractivity contribution in [3.63, 3.8) is 0 Å². The highest BCUT2D eigenvalue weighted by atomic mass is 79.9. The molecule has 1 saturated heterocycles. The molecular weight excluding hydrogens is 263 g/mol. The summed E-state index contributed by atoms with van der Waals surface area (Å²) in [6.07, 6.45) is 0. The lowest BCUT2D eigenvalue weighted by molar-refractivity contribution is 0.122. The summed E-state index contributed by atoms with van der Waals surface area (Å²) in [4.78, 5) is 1.95. The first-order chi connectivity index (χ1) is 7.18. The number of ether oxygens (including phenoxy) is 1. The standard InChI is InChI=1S/C10H12BrFN2O/c11-7-5-8(12)10(6-9(7)13)14-1-3-15-4-2-14/h5-6H,1-4,13H2. The van der Waals surface area contributed by atoms with Crippen LogP contribution in [0, 0.1) is 5.82 Å². The van der Waals surface area contributed by atoms with Gasteiger partial charge in [-0.2, -0.15) is 0 Å². The second kappa shape index (κ2) is 4.37. The number of hydrogen-bond acceptors (Lipinski definition) is 3. The molecule has 1 aliphatic rings. The van der Waals surface area contributed by atoms with Crippen molar-refractivity contribution < 1.29 is 9.13 Å². The monoisotopic (exact) mass is 274 g/mol. The van der Waals surface area contributed by atoms with E-state index < -0.39 is 0 Å². The predicted molar refractivity (Wildman–Crippen MR) is 61.5 cm³/mol. The lowest BCUT2D eigenvalue weighted by Crippen LogP contribution is -2.36. The van der Waals surface area contributed by atoms with Crippen LogP contribution in [-0.2, 0) is 4.74 Å². The molecule has 3 nitrogen and oxygen atoms in total. The maximum atomic E-state index is 13.6. The third kappa shape index (κ3) is 2.23. The molecule has 0 amide bonds. The molecule has 1 fully saturated rings. The molecule has 2 rings (SSSR count). The summed E-state index contributed by atoms with van der Waals surface area (Å²) in [5, 5.41) is 0. The number of nitrogen functional groups attached to an aromatic ring is 1. The van der Waals surface area contributed by atoms with Crippen molar-refractivity contribution in [2.45, 2.75) is 0 Å². The largest absolute Gasteiger partial charge is 0.398 e. The minimum absolute atomic E-state index is 0.252. The minimum Gasteiger partial charge on any atom is -0.398 e. The van der Waals surface area contributed by atoms with E-state index in [0.717, 1.165) is 0 Å². The van der Waals surface area contributed by atoms with Gasteiger partial charge < -0.3 is 15.4 Å². The lowest BCUT2D eigenvalue weighted by atomic mass is 10.2. The van der Waals surface area contributed by atoms with Gasteiger partial charge in [0.15, 0.2) is 0 Å². The SMILES string of the molecule is Nc1cc(N2CCOCC2)c(F)cc1Br. The van der Waals surface area contributed by atoms with Gasteiger partial charge in [-0.15, -0.1) is 0 Å². The van der Waals surface area contributed by atoms with E-state index in [9.17, 15) is 4.39 Å². The second-order valence-corrected chi connectivity index (χ2v) is 4.28. The van der Waals surface area contributed by atoms with Crippen LogP contribution >= 0.6 is 15.9 Å². The number of benzene rings is 1. The van der Waals surface area contributed by atoms with Gasteiger partial charge in [0.2, 0.25) is 0 Å². The molecular formula is C10H12BrFN2O. The highest BCUT2D eigenvalue weighted by Crippen LogP contribution is 2.29. The Bertz CT molecular complexity index is 367. The van der Waals surface area contributed by atoms with Crippen molar-refractivity contribution in [2.75, 3.05) is 36.9 Å². The lowest BCUT2D eigenvalue weighted by Gasteiger charge is -2.29. The average molecular weight is 275 g/mol. The van der Waals surface area contributed by atoms with E-state index in [0.29, 0.717) is 42.2 Å². The van der Waals surface area contributed by atoms with Gasteiger partial charge in [0.1, 0.15) is 5.82 Å². The quantitative estimate of drug-likeness (QED) is 0.797. The summed E-state index contributed by atoms with van der Waals surface area (Å²) < 4.78 is 19.5. The second-order valence-electron chi connectivity index (χ2n) is 3.42. The summed E-state index contributed by atoms with van der Waals surface area (Å²) in [6, 6.07) is 3.06. The van der Waals surface area contributed by atoms with E-state index in [-0.39, 0.29) is 5.82 Å². The van der Waals surface area contributed by atoms with Crippen LogP contribution in [0.25, 0.3) is 0 Å². The molecule has 0 bridgehead atoms. The van der Waals surface area contributed by atoms with Crippen molar-refractivity contribution in [3.8, 4) is 0 Å². The zero-order valence-corrected chi connectivity index (χ0v) is 9.76. The molecule has 15 heavy (non-hydrogen) atoms. The Morgan fingerprint density at radius 3 is 2.67 bits per heavy atom. The van der Waals surface area contributed by atoms with Gasteiger partial charge in [-0.3, -0.25) is 0 Å². The van der Waals surface area contributed by atoms with Gasteiger partial charge in [0, 0.05) is 23.2 Å². The molecule has 1 aliphatic heterocycles. The van der Waals surface area contributed by atoms with E-state index in [1.54, 1.807) is 6.07 Å². The summed E-state index contributed by atoms with van der Waals surface area (Å²) in [7, 11) is 0. The highest BCUT2D eigenvalue weighted by Gasteiger charge is 2.16. The predicted octanol–water partition coefficient (Wildman–Crippen LogP) is 2.01. The summed E-state index contributed by atoms with van der Waals surface area (Å²) in [5.41, 5.74) is 6.83. The Morgan fingerprint density at radius 2 is 2.00 bits per heavy atom. The molecule has 1 aromatic carbocycles. The Balaban J connectivity index is 2.30. The summed E-state index contributed by atoms with van der Waals surface area (Å²) in [6.45, 7) is 2.68. The molecule has 0 spiro atoms. The average Bonchev–Trinajstić information content (AvgIpc) is 2.25. The number of anilines is 2. The van der Waals surface area contributed by atoms with E-state index in [4.69, 9.17) is 10.5 Å². The third-order valence-corrected chi connectivity index (χ3v) is 3.10. The van der Waals surface area contributed by atoms with Crippen molar-refractivity contribution in [3.05, 3.63) is 22.4 Å². The fourth-order valence-corrected chi connectivity index (χ4v) is 1.92. The van der Waals surface area contributed by atoms with Crippen molar-refractivity contribution in [1.29, 1.82) is 0 Å². The normalized spacial score (nSPS) is 16.8. The Labute approximate surface area is 96.1 Å². The fourth-order valence-electron chi connectivity index (χ4n) is 1.60. The maximum absolute atomic E-state index is 13.6. The van der Waals surface area contributed by atoms with Crippen LogP contribution in [0.1, 0.15) is 0 Å². The number of morpholine rings is 1. The van der Waals surface area contributed by atoms with E-state index in [2.05, 4.69) is 15.9 Å². The molecule has 0 aromatic heterocycles. The number of halogens is 2. The molecule has 1 heterocycles.